The maximum atomic E-state index is 9.75. The molecule has 0 rings (SSSR count). The molecule has 0 saturated heterocycles. The van der Waals surface area contributed by atoms with Crippen molar-refractivity contribution >= 4 is 5.78 Å². The fourth-order valence-corrected chi connectivity index (χ4v) is 0. The predicted molar refractivity (Wildman–Crippen MR) is 31.7 cm³/mol. The summed E-state index contributed by atoms with van der Waals surface area (Å²) in [6, 6.07) is 0. The Balaban J connectivity index is -0.0000000750. The average Bonchev–Trinajstić information content (AvgIpc) is 1.73. The van der Waals surface area contributed by atoms with Crippen molar-refractivity contribution in [2.24, 2.45) is 0 Å². The third kappa shape index (κ3) is 29.3. The molecule has 0 aliphatic rings. The number of carbonyl (C=O) groups excluding carboxylic acids is 1. The van der Waals surface area contributed by atoms with Crippen molar-refractivity contribution in [3.8, 4) is 0 Å². The molecule has 0 aliphatic heterocycles. The van der Waals surface area contributed by atoms with Gasteiger partial charge in [-0.1, -0.05) is 0 Å². The largest absolute Gasteiger partial charge is 0.346 e. The van der Waals surface area contributed by atoms with Gasteiger partial charge in [0.25, 0.3) is 0 Å². The van der Waals surface area contributed by atoms with E-state index in [1.807, 2.05) is 0 Å². The van der Waals surface area contributed by atoms with E-state index in [1.165, 1.54) is 6.92 Å². The van der Waals surface area contributed by atoms with Crippen LogP contribution in [0, 0.1) is 13.8 Å². The number of hydrogen-bond donors (Lipinski definition) is 0. The zero-order chi connectivity index (χ0) is 6.28. The number of rotatable bonds is 1. The van der Waals surface area contributed by atoms with E-state index < -0.39 is 0 Å². The van der Waals surface area contributed by atoms with Gasteiger partial charge in [-0.15, -0.1) is 6.42 Å². The Labute approximate surface area is 77.1 Å². The van der Waals surface area contributed by atoms with Gasteiger partial charge in [-0.3, -0.25) is 0 Å². The molecule has 0 bridgehead atoms. The second kappa shape index (κ2) is 15.7. The van der Waals surface area contributed by atoms with Gasteiger partial charge < -0.3 is 18.6 Å². The van der Waals surface area contributed by atoms with E-state index in [1.54, 1.807) is 6.92 Å². The molecule has 0 N–H and O–H groups in total. The van der Waals surface area contributed by atoms with Gasteiger partial charge in [0, 0.05) is 32.7 Å². The number of Topliss-reactive ketones (excluding diaryl/α,β-unsaturated/α-hetero) is 1. The maximum Gasteiger partial charge on any atom is 0.0998 e. The molecule has 0 spiro atoms. The Morgan fingerprint density at radius 2 is 1.62 bits per heavy atom. The quantitative estimate of drug-likeness (QED) is 0.573. The molecule has 0 fully saturated rings. The first-order valence-corrected chi connectivity index (χ1v) is 2.26. The van der Waals surface area contributed by atoms with Crippen molar-refractivity contribution in [1.29, 1.82) is 0 Å². The molecular weight excluding hydrogens is 177 g/mol. The zero-order valence-corrected chi connectivity index (χ0v) is 8.45. The van der Waals surface area contributed by atoms with Crippen LogP contribution in [0.2, 0.25) is 0 Å². The molecule has 2 heteroatoms. The van der Waals surface area contributed by atoms with E-state index in [9.17, 15) is 4.79 Å². The normalized spacial score (nSPS) is 5.50. The van der Waals surface area contributed by atoms with Gasteiger partial charge >= 0.3 is 0 Å². The first-order chi connectivity index (χ1) is 3.27. The Morgan fingerprint density at radius 1 is 1.50 bits per heavy atom. The van der Waals surface area contributed by atoms with E-state index in [4.69, 9.17) is 0 Å². The van der Waals surface area contributed by atoms with Gasteiger partial charge in [-0.2, -0.15) is 6.92 Å². The summed E-state index contributed by atoms with van der Waals surface area (Å²) >= 11 is 0. The van der Waals surface area contributed by atoms with Crippen LogP contribution in [0.5, 0.6) is 0 Å². The minimum atomic E-state index is 0. The van der Waals surface area contributed by atoms with E-state index in [-0.39, 0.29) is 38.5 Å². The van der Waals surface area contributed by atoms with Gasteiger partial charge in [-0.05, 0) is 6.92 Å². The SMILES string of the molecule is [CH2-]C.[CH2-]CC(C)=O.[Y]. The summed E-state index contributed by atoms with van der Waals surface area (Å²) in [4.78, 5) is 9.75. The van der Waals surface area contributed by atoms with Gasteiger partial charge in [-0.25, -0.2) is 0 Å². The molecule has 0 aromatic heterocycles. The third-order valence-electron chi connectivity index (χ3n) is 0.352. The molecule has 0 aliphatic carbocycles. The van der Waals surface area contributed by atoms with E-state index in [0.29, 0.717) is 6.42 Å². The Hall–Kier alpha value is 0.774. The molecule has 8 heavy (non-hydrogen) atoms. The molecule has 0 unspecified atom stereocenters. The van der Waals surface area contributed by atoms with Crippen molar-refractivity contribution in [2.75, 3.05) is 0 Å². The first kappa shape index (κ1) is 15.9. The van der Waals surface area contributed by atoms with Crippen LogP contribution in [0.25, 0.3) is 0 Å². The van der Waals surface area contributed by atoms with Gasteiger partial charge in [0.1, 0.15) is 0 Å². The van der Waals surface area contributed by atoms with Crippen LogP contribution in [0.1, 0.15) is 20.3 Å². The molecule has 1 radical (unpaired) electrons. The zero-order valence-electron chi connectivity index (χ0n) is 5.61. The summed E-state index contributed by atoms with van der Waals surface area (Å²) < 4.78 is 0. The smallest absolute Gasteiger partial charge is 0.0998 e. The maximum absolute atomic E-state index is 9.75. The van der Waals surface area contributed by atoms with Crippen molar-refractivity contribution in [2.45, 2.75) is 20.3 Å². The van der Waals surface area contributed by atoms with E-state index in [0.717, 1.165) is 0 Å². The van der Waals surface area contributed by atoms with Gasteiger partial charge in [0.15, 0.2) is 0 Å². The molecule has 1 nitrogen and oxygen atoms in total. The summed E-state index contributed by atoms with van der Waals surface area (Å²) in [7, 11) is 0. The molecule has 0 amide bonds. The van der Waals surface area contributed by atoms with Crippen LogP contribution >= 0.6 is 0 Å². The fraction of sp³-hybridized carbons (Fsp3) is 0.500. The molecule has 0 aromatic rings. The van der Waals surface area contributed by atoms with Crippen LogP contribution in [0.3, 0.4) is 0 Å². The van der Waals surface area contributed by atoms with Crippen molar-refractivity contribution in [1.82, 2.24) is 0 Å². The van der Waals surface area contributed by atoms with Crippen molar-refractivity contribution in [3.05, 3.63) is 13.8 Å². The second-order valence-corrected chi connectivity index (χ2v) is 0.952. The first-order valence-electron chi connectivity index (χ1n) is 2.26. The monoisotopic (exact) mass is 189 g/mol. The van der Waals surface area contributed by atoms with Crippen LogP contribution in [-0.2, 0) is 37.5 Å². The molecule has 47 valence electrons. The van der Waals surface area contributed by atoms with Crippen molar-refractivity contribution < 1.29 is 37.5 Å². The van der Waals surface area contributed by atoms with Crippen LogP contribution < -0.4 is 0 Å². The van der Waals surface area contributed by atoms with Crippen LogP contribution in [0.4, 0.5) is 0 Å². The number of ketones is 1. The summed E-state index contributed by atoms with van der Waals surface area (Å²) in [5, 5.41) is 0. The van der Waals surface area contributed by atoms with Crippen molar-refractivity contribution in [3.63, 3.8) is 0 Å². The standard InChI is InChI=1S/C4H7O.C2H5.Y/c1-3-4(2)5;1-2;/h1,3H2,2H3;1H2,2H3;/q2*-1;. The second-order valence-electron chi connectivity index (χ2n) is 0.952. The van der Waals surface area contributed by atoms with Crippen LogP contribution in [-0.4, -0.2) is 5.78 Å². The van der Waals surface area contributed by atoms with E-state index in [2.05, 4.69) is 13.8 Å². The Kier molecular flexibility index (Phi) is 31.1. The molecular formula is C6H12OY-2. The fourth-order valence-electron chi connectivity index (χ4n) is 0. The molecule has 0 saturated carbocycles. The topological polar surface area (TPSA) is 17.1 Å². The van der Waals surface area contributed by atoms with Crippen LogP contribution in [0.15, 0.2) is 0 Å². The molecule has 0 heterocycles. The summed E-state index contributed by atoms with van der Waals surface area (Å²) in [6.07, 6.45) is 0.417. The summed E-state index contributed by atoms with van der Waals surface area (Å²) in [5.41, 5.74) is 0. The summed E-state index contributed by atoms with van der Waals surface area (Å²) in [6.45, 7) is 9.86. The minimum Gasteiger partial charge on any atom is -0.346 e. The average molecular weight is 189 g/mol. The van der Waals surface area contributed by atoms with Gasteiger partial charge in [0.05, 0.1) is 5.78 Å². The summed E-state index contributed by atoms with van der Waals surface area (Å²) in [5.74, 6) is 0.144. The van der Waals surface area contributed by atoms with E-state index >= 15 is 0 Å². The molecule has 0 atom stereocenters. The predicted octanol–water partition coefficient (Wildman–Crippen LogP) is 1.64. The minimum absolute atomic E-state index is 0. The Morgan fingerprint density at radius 3 is 1.62 bits per heavy atom. The number of hydrogen-bond acceptors (Lipinski definition) is 1. The third-order valence-corrected chi connectivity index (χ3v) is 0.352. The molecule has 0 aromatic carbocycles. The number of carbonyl (C=O) groups is 1. The van der Waals surface area contributed by atoms with Gasteiger partial charge in [0.2, 0.25) is 0 Å². The Bertz CT molecular complexity index is 43.8.